The van der Waals surface area contributed by atoms with Crippen LogP contribution in [-0.2, 0) is 4.74 Å². The number of thiazole rings is 1. The van der Waals surface area contributed by atoms with E-state index in [0.717, 1.165) is 22.0 Å². The summed E-state index contributed by atoms with van der Waals surface area (Å²) in [6.07, 6.45) is 1.57. The quantitative estimate of drug-likeness (QED) is 0.400. The average Bonchev–Trinajstić information content (AvgIpc) is 2.92. The molecule has 0 atom stereocenters. The van der Waals surface area contributed by atoms with E-state index in [1.165, 1.54) is 15.7 Å². The van der Waals surface area contributed by atoms with Crippen LogP contribution in [-0.4, -0.2) is 26.9 Å². The van der Waals surface area contributed by atoms with Gasteiger partial charge in [-0.05, 0) is 39.3 Å². The molecule has 7 heteroatoms. The molecule has 3 aromatic heterocycles. The lowest BCUT2D eigenvalue weighted by Crippen LogP contribution is -2.16. The maximum atomic E-state index is 13.1. The van der Waals surface area contributed by atoms with E-state index in [1.807, 2.05) is 19.9 Å². The van der Waals surface area contributed by atoms with Crippen molar-refractivity contribution in [2.75, 3.05) is 6.61 Å². The van der Waals surface area contributed by atoms with Crippen molar-refractivity contribution in [3.05, 3.63) is 50.4 Å². The molecule has 6 nitrogen and oxygen atoms in total. The van der Waals surface area contributed by atoms with Crippen LogP contribution in [0.3, 0.4) is 0 Å². The van der Waals surface area contributed by atoms with E-state index in [4.69, 9.17) is 9.72 Å². The molecule has 4 aromatic rings. The lowest BCUT2D eigenvalue weighted by Gasteiger charge is -2.07. The first-order valence-corrected chi connectivity index (χ1v) is 9.13. The Morgan fingerprint density at radius 3 is 2.69 bits per heavy atom. The van der Waals surface area contributed by atoms with Crippen molar-refractivity contribution in [1.29, 1.82) is 0 Å². The SMILES string of the molecule is CCOC(=O)c1sc2nc3c(cnc4c(C)cc(C)cc43)c(=O)n2c1C. The molecule has 3 heterocycles. The van der Waals surface area contributed by atoms with Gasteiger partial charge in [0.1, 0.15) is 4.88 Å². The normalized spacial score (nSPS) is 11.5. The van der Waals surface area contributed by atoms with Gasteiger partial charge in [-0.1, -0.05) is 23.0 Å². The highest BCUT2D eigenvalue weighted by Crippen LogP contribution is 2.27. The number of rotatable bonds is 2. The molecule has 26 heavy (non-hydrogen) atoms. The standard InChI is InChI=1S/C19H17N3O3S/c1-5-25-18(24)16-11(4)22-17(23)13-8-20-14-10(3)6-9(2)7-12(14)15(13)21-19(22)26-16/h6-8H,5H2,1-4H3. The van der Waals surface area contributed by atoms with Gasteiger partial charge in [0.05, 0.1) is 28.7 Å². The van der Waals surface area contributed by atoms with Crippen LogP contribution in [0.2, 0.25) is 0 Å². The van der Waals surface area contributed by atoms with Gasteiger partial charge in [-0.25, -0.2) is 9.78 Å². The number of carbonyl (C=O) groups is 1. The lowest BCUT2D eigenvalue weighted by atomic mass is 10.1. The Morgan fingerprint density at radius 2 is 1.96 bits per heavy atom. The van der Waals surface area contributed by atoms with Crippen LogP contribution >= 0.6 is 11.3 Å². The zero-order valence-electron chi connectivity index (χ0n) is 14.9. The van der Waals surface area contributed by atoms with E-state index in [9.17, 15) is 9.59 Å². The van der Waals surface area contributed by atoms with E-state index >= 15 is 0 Å². The largest absolute Gasteiger partial charge is 0.462 e. The molecule has 0 N–H and O–H groups in total. The van der Waals surface area contributed by atoms with Crippen molar-refractivity contribution in [3.8, 4) is 0 Å². The second-order valence-electron chi connectivity index (χ2n) is 6.27. The molecular weight excluding hydrogens is 350 g/mol. The Hall–Kier alpha value is -2.80. The van der Waals surface area contributed by atoms with Crippen molar-refractivity contribution in [2.45, 2.75) is 27.7 Å². The molecule has 4 rings (SSSR count). The molecule has 1 aromatic carbocycles. The minimum absolute atomic E-state index is 0.220. The van der Waals surface area contributed by atoms with Crippen molar-refractivity contribution in [2.24, 2.45) is 0 Å². The van der Waals surface area contributed by atoms with Gasteiger partial charge in [0.15, 0.2) is 4.96 Å². The number of nitrogens with zero attached hydrogens (tertiary/aromatic N) is 3. The van der Waals surface area contributed by atoms with Gasteiger partial charge < -0.3 is 4.74 Å². The number of fused-ring (bicyclic) bond motifs is 4. The van der Waals surface area contributed by atoms with Gasteiger partial charge in [0.25, 0.3) is 5.56 Å². The van der Waals surface area contributed by atoms with Crippen LogP contribution in [0.25, 0.3) is 26.8 Å². The highest BCUT2D eigenvalue weighted by atomic mass is 32.1. The van der Waals surface area contributed by atoms with Crippen LogP contribution in [0.5, 0.6) is 0 Å². The summed E-state index contributed by atoms with van der Waals surface area (Å²) in [4.78, 5) is 35.3. The molecule has 0 aliphatic heterocycles. The van der Waals surface area contributed by atoms with E-state index in [0.29, 0.717) is 26.4 Å². The maximum Gasteiger partial charge on any atom is 0.350 e. The van der Waals surface area contributed by atoms with Gasteiger partial charge in [-0.2, -0.15) is 0 Å². The Labute approximate surface area is 153 Å². The summed E-state index contributed by atoms with van der Waals surface area (Å²) in [6.45, 7) is 7.76. The van der Waals surface area contributed by atoms with Crippen molar-refractivity contribution in [3.63, 3.8) is 0 Å². The first-order valence-electron chi connectivity index (χ1n) is 8.31. The number of carbonyl (C=O) groups excluding carboxylic acids is 1. The number of benzene rings is 1. The highest BCUT2D eigenvalue weighted by Gasteiger charge is 2.21. The third-order valence-corrected chi connectivity index (χ3v) is 5.55. The Morgan fingerprint density at radius 1 is 1.19 bits per heavy atom. The summed E-state index contributed by atoms with van der Waals surface area (Å²) < 4.78 is 6.56. The zero-order valence-corrected chi connectivity index (χ0v) is 15.7. The smallest absolute Gasteiger partial charge is 0.350 e. The van der Waals surface area contributed by atoms with Crippen LogP contribution in [0.15, 0.2) is 23.1 Å². The zero-order chi connectivity index (χ0) is 18.6. The van der Waals surface area contributed by atoms with Crippen LogP contribution < -0.4 is 5.56 Å². The molecule has 0 fully saturated rings. The third kappa shape index (κ3) is 2.31. The van der Waals surface area contributed by atoms with E-state index < -0.39 is 5.97 Å². The number of aryl methyl sites for hydroxylation is 3. The predicted molar refractivity (Wildman–Crippen MR) is 102 cm³/mol. The molecule has 0 unspecified atom stereocenters. The fraction of sp³-hybridized carbons (Fsp3) is 0.263. The molecular formula is C19H17N3O3S. The lowest BCUT2D eigenvalue weighted by molar-refractivity contribution is 0.0531. The number of hydrogen-bond donors (Lipinski definition) is 0. The highest BCUT2D eigenvalue weighted by molar-refractivity contribution is 7.19. The predicted octanol–water partition coefficient (Wildman–Crippen LogP) is 3.56. The molecule has 0 bridgehead atoms. The second-order valence-corrected chi connectivity index (χ2v) is 7.25. The summed E-state index contributed by atoms with van der Waals surface area (Å²) in [7, 11) is 0. The van der Waals surface area contributed by atoms with Gasteiger partial charge in [0.2, 0.25) is 0 Å². The van der Waals surface area contributed by atoms with Crippen LogP contribution in [0, 0.1) is 20.8 Å². The van der Waals surface area contributed by atoms with Crippen LogP contribution in [0.4, 0.5) is 0 Å². The van der Waals surface area contributed by atoms with Gasteiger partial charge in [-0.15, -0.1) is 0 Å². The first-order chi connectivity index (χ1) is 12.4. The molecule has 0 aliphatic rings. The summed E-state index contributed by atoms with van der Waals surface area (Å²) in [5.41, 5.74) is 3.90. The van der Waals surface area contributed by atoms with Crippen molar-refractivity contribution >= 4 is 44.1 Å². The molecule has 0 saturated carbocycles. The summed E-state index contributed by atoms with van der Waals surface area (Å²) in [5.74, 6) is -0.432. The fourth-order valence-corrected chi connectivity index (χ4v) is 4.31. The molecule has 132 valence electrons. The molecule has 0 amide bonds. The number of ether oxygens (including phenoxy) is 1. The summed E-state index contributed by atoms with van der Waals surface area (Å²) in [6, 6.07) is 4.05. The Bertz CT molecular complexity index is 1270. The number of hydrogen-bond acceptors (Lipinski definition) is 6. The topological polar surface area (TPSA) is 73.6 Å². The first kappa shape index (κ1) is 16.7. The molecule has 0 saturated heterocycles. The van der Waals surface area contributed by atoms with E-state index in [1.54, 1.807) is 20.0 Å². The monoisotopic (exact) mass is 367 g/mol. The average molecular weight is 367 g/mol. The van der Waals surface area contributed by atoms with Gasteiger partial charge in [0, 0.05) is 11.6 Å². The van der Waals surface area contributed by atoms with E-state index in [-0.39, 0.29) is 12.2 Å². The number of esters is 1. The molecule has 0 radical (unpaired) electrons. The van der Waals surface area contributed by atoms with E-state index in [2.05, 4.69) is 11.1 Å². The minimum Gasteiger partial charge on any atom is -0.462 e. The van der Waals surface area contributed by atoms with Crippen molar-refractivity contribution < 1.29 is 9.53 Å². The molecule has 0 aliphatic carbocycles. The number of pyridine rings is 1. The Balaban J connectivity index is 2.15. The second kappa shape index (κ2) is 5.88. The molecule has 0 spiro atoms. The minimum atomic E-state index is -0.432. The fourth-order valence-electron chi connectivity index (χ4n) is 3.29. The van der Waals surface area contributed by atoms with Crippen molar-refractivity contribution in [1.82, 2.24) is 14.4 Å². The van der Waals surface area contributed by atoms with Gasteiger partial charge >= 0.3 is 5.97 Å². The summed E-state index contributed by atoms with van der Waals surface area (Å²) in [5, 5.41) is 1.29. The van der Waals surface area contributed by atoms with Crippen LogP contribution in [0.1, 0.15) is 33.4 Å². The summed E-state index contributed by atoms with van der Waals surface area (Å²) >= 11 is 1.17. The maximum absolute atomic E-state index is 13.1. The number of aromatic nitrogens is 3. The third-order valence-electron chi connectivity index (χ3n) is 4.43. The Kier molecular flexibility index (Phi) is 3.77. The van der Waals surface area contributed by atoms with Gasteiger partial charge in [-0.3, -0.25) is 14.2 Å².